The molecule has 43 heavy (non-hydrogen) atoms. The first-order valence-corrected chi connectivity index (χ1v) is 18.7. The van der Waals surface area contributed by atoms with Gasteiger partial charge in [-0.2, -0.15) is 0 Å². The largest absolute Gasteiger partial charge is 0.756 e. The fourth-order valence-electron chi connectivity index (χ4n) is 4.57. The Morgan fingerprint density at radius 1 is 0.628 bits per heavy atom. The fraction of sp³-hybridized carbons (Fsp3) is 0.939. The zero-order valence-electron chi connectivity index (χ0n) is 28.4. The second-order valence-corrected chi connectivity index (χ2v) is 14.3. The molecule has 2 atom stereocenters. The summed E-state index contributed by atoms with van der Waals surface area (Å²) >= 11 is 0. The van der Waals surface area contributed by atoms with Crippen LogP contribution in [0, 0.1) is 0 Å². The highest BCUT2D eigenvalue weighted by atomic mass is 31.2. The van der Waals surface area contributed by atoms with Gasteiger partial charge in [0.1, 0.15) is 19.8 Å². The zero-order valence-corrected chi connectivity index (χ0v) is 29.3. The van der Waals surface area contributed by atoms with Crippen LogP contribution in [-0.4, -0.2) is 70.0 Å². The minimum Gasteiger partial charge on any atom is -0.756 e. The van der Waals surface area contributed by atoms with E-state index >= 15 is 0 Å². The second-order valence-electron chi connectivity index (χ2n) is 12.9. The minimum absolute atomic E-state index is 0.0277. The Balaban J connectivity index is 4.12. The average molecular weight is 636 g/mol. The van der Waals surface area contributed by atoms with Gasteiger partial charge in [0.15, 0.2) is 6.10 Å². The topological polar surface area (TPSA) is 111 Å². The molecular weight excluding hydrogens is 569 g/mol. The lowest BCUT2D eigenvalue weighted by atomic mass is 10.0. The van der Waals surface area contributed by atoms with Crippen molar-refractivity contribution >= 4 is 19.8 Å². The summed E-state index contributed by atoms with van der Waals surface area (Å²) in [5.41, 5.74) is 0. The van der Waals surface area contributed by atoms with Gasteiger partial charge >= 0.3 is 11.9 Å². The van der Waals surface area contributed by atoms with E-state index in [0.29, 0.717) is 23.9 Å². The summed E-state index contributed by atoms with van der Waals surface area (Å²) in [5.74, 6) is -0.869. The van der Waals surface area contributed by atoms with Crippen LogP contribution in [-0.2, 0) is 32.7 Å². The summed E-state index contributed by atoms with van der Waals surface area (Å²) in [6.07, 6.45) is 22.5. The van der Waals surface area contributed by atoms with Crippen molar-refractivity contribution in [1.82, 2.24) is 0 Å². The van der Waals surface area contributed by atoms with Gasteiger partial charge < -0.3 is 27.9 Å². The third-order valence-electron chi connectivity index (χ3n) is 7.38. The van der Waals surface area contributed by atoms with Crippen molar-refractivity contribution in [3.63, 3.8) is 0 Å². The van der Waals surface area contributed by atoms with Crippen molar-refractivity contribution < 1.29 is 42.1 Å². The molecule has 0 spiro atoms. The molecule has 10 heteroatoms. The molecule has 0 aromatic rings. The molecule has 0 aliphatic heterocycles. The highest BCUT2D eigenvalue weighted by Crippen LogP contribution is 2.38. The maximum Gasteiger partial charge on any atom is 0.306 e. The van der Waals surface area contributed by atoms with E-state index in [0.717, 1.165) is 19.3 Å². The molecule has 2 unspecified atom stereocenters. The number of quaternary nitrogens is 1. The predicted octanol–water partition coefficient (Wildman–Crippen LogP) is 7.88. The first kappa shape index (κ1) is 42.0. The summed E-state index contributed by atoms with van der Waals surface area (Å²) in [5, 5.41) is 0. The normalized spacial score (nSPS) is 13.9. The number of hydrogen-bond donors (Lipinski definition) is 0. The lowest BCUT2D eigenvalue weighted by Gasteiger charge is -2.28. The van der Waals surface area contributed by atoms with Crippen molar-refractivity contribution in [2.45, 2.75) is 155 Å². The number of ether oxygens (including phenoxy) is 2. The van der Waals surface area contributed by atoms with Gasteiger partial charge in [0.05, 0.1) is 27.7 Å². The van der Waals surface area contributed by atoms with Gasteiger partial charge in [0.25, 0.3) is 7.82 Å². The predicted molar refractivity (Wildman–Crippen MR) is 172 cm³/mol. The maximum atomic E-state index is 12.4. The van der Waals surface area contributed by atoms with E-state index in [9.17, 15) is 19.0 Å². The van der Waals surface area contributed by atoms with E-state index in [1.165, 1.54) is 89.9 Å². The van der Waals surface area contributed by atoms with Crippen molar-refractivity contribution in [2.24, 2.45) is 0 Å². The molecule has 0 saturated carbocycles. The number of phosphoric ester groups is 1. The molecule has 0 saturated heterocycles. The number of rotatable bonds is 31. The Hall–Kier alpha value is -0.990. The molecular formula is C33H66NO8P. The van der Waals surface area contributed by atoms with Crippen LogP contribution in [0.5, 0.6) is 0 Å². The Morgan fingerprint density at radius 2 is 1.07 bits per heavy atom. The quantitative estimate of drug-likeness (QED) is 0.0327. The summed E-state index contributed by atoms with van der Waals surface area (Å²) in [6.45, 7) is 3.96. The number of carbonyl (C=O) groups is 2. The molecule has 0 rings (SSSR count). The van der Waals surface area contributed by atoms with Crippen LogP contribution in [0.4, 0.5) is 0 Å². The van der Waals surface area contributed by atoms with Crippen molar-refractivity contribution in [3.8, 4) is 0 Å². The number of hydrogen-bond acceptors (Lipinski definition) is 8. The number of likely N-dealkylation sites (N-methyl/N-ethyl adjacent to an activating group) is 1. The van der Waals surface area contributed by atoms with Gasteiger partial charge in [-0.3, -0.25) is 14.2 Å². The van der Waals surface area contributed by atoms with Crippen LogP contribution in [0.1, 0.15) is 149 Å². The molecule has 0 heterocycles. The third-order valence-corrected chi connectivity index (χ3v) is 8.34. The van der Waals surface area contributed by atoms with E-state index in [1.54, 1.807) is 0 Å². The smallest absolute Gasteiger partial charge is 0.306 e. The van der Waals surface area contributed by atoms with Gasteiger partial charge in [-0.25, -0.2) is 0 Å². The van der Waals surface area contributed by atoms with E-state index in [1.807, 2.05) is 28.1 Å². The standard InChI is InChI=1S/C33H66NO8P/c1-6-8-10-11-12-13-14-15-16-17-18-19-20-21-22-23-24-26-33(36)42-31(29-39-32(35)25-9-7-2)30-41-43(37,38)40-28-27-34(3,4)5/h31H,6-30H2,1-5H3. The summed E-state index contributed by atoms with van der Waals surface area (Å²) in [7, 11) is 1.17. The molecule has 0 amide bonds. The van der Waals surface area contributed by atoms with Gasteiger partial charge in [0.2, 0.25) is 0 Å². The molecule has 0 aliphatic rings. The highest BCUT2D eigenvalue weighted by molar-refractivity contribution is 7.45. The first-order chi connectivity index (χ1) is 20.5. The third kappa shape index (κ3) is 30.8. The average Bonchev–Trinajstić information content (AvgIpc) is 2.94. The van der Waals surface area contributed by atoms with Gasteiger partial charge in [-0.05, 0) is 12.8 Å². The second kappa shape index (κ2) is 27.3. The van der Waals surface area contributed by atoms with Gasteiger partial charge in [-0.1, -0.05) is 123 Å². The number of phosphoric acid groups is 1. The van der Waals surface area contributed by atoms with Crippen LogP contribution >= 0.6 is 7.82 Å². The minimum atomic E-state index is -4.59. The lowest BCUT2D eigenvalue weighted by molar-refractivity contribution is -0.870. The molecule has 0 aromatic carbocycles. The zero-order chi connectivity index (χ0) is 32.2. The van der Waals surface area contributed by atoms with E-state index in [4.69, 9.17) is 18.5 Å². The molecule has 0 bridgehead atoms. The Morgan fingerprint density at radius 3 is 1.53 bits per heavy atom. The molecule has 0 aliphatic carbocycles. The summed E-state index contributed by atoms with van der Waals surface area (Å²) in [4.78, 5) is 36.5. The molecule has 0 radical (unpaired) electrons. The van der Waals surface area contributed by atoms with Crippen molar-refractivity contribution in [1.29, 1.82) is 0 Å². The number of unbranched alkanes of at least 4 members (excludes halogenated alkanes) is 17. The fourth-order valence-corrected chi connectivity index (χ4v) is 5.30. The van der Waals surface area contributed by atoms with Crippen LogP contribution in [0.3, 0.4) is 0 Å². The maximum absolute atomic E-state index is 12.4. The van der Waals surface area contributed by atoms with E-state index in [-0.39, 0.29) is 26.1 Å². The first-order valence-electron chi connectivity index (χ1n) is 17.2. The monoisotopic (exact) mass is 635 g/mol. The molecule has 256 valence electrons. The Kier molecular flexibility index (Phi) is 26.7. The molecule has 0 fully saturated rings. The van der Waals surface area contributed by atoms with Crippen LogP contribution < -0.4 is 4.89 Å². The van der Waals surface area contributed by atoms with Crippen molar-refractivity contribution in [3.05, 3.63) is 0 Å². The van der Waals surface area contributed by atoms with Crippen molar-refractivity contribution in [2.75, 3.05) is 47.5 Å². The number of carbonyl (C=O) groups excluding carboxylic acids is 2. The highest BCUT2D eigenvalue weighted by Gasteiger charge is 2.21. The van der Waals surface area contributed by atoms with Crippen LogP contribution in [0.2, 0.25) is 0 Å². The number of esters is 2. The van der Waals surface area contributed by atoms with Gasteiger partial charge in [-0.15, -0.1) is 0 Å². The molecule has 9 nitrogen and oxygen atoms in total. The van der Waals surface area contributed by atoms with E-state index < -0.39 is 32.5 Å². The van der Waals surface area contributed by atoms with Crippen LogP contribution in [0.15, 0.2) is 0 Å². The Labute approximate surface area is 264 Å². The molecule has 0 N–H and O–H groups in total. The lowest BCUT2D eigenvalue weighted by Crippen LogP contribution is -2.37. The summed E-state index contributed by atoms with van der Waals surface area (Å²) in [6, 6.07) is 0. The van der Waals surface area contributed by atoms with E-state index in [2.05, 4.69) is 6.92 Å². The SMILES string of the molecule is CCCCCCCCCCCCCCCCCCCC(=O)OC(COC(=O)CCCC)COP(=O)([O-])OCC[N+](C)(C)C. The summed E-state index contributed by atoms with van der Waals surface area (Å²) < 4.78 is 33.2. The Bertz CT molecular complexity index is 728. The molecule has 0 aromatic heterocycles. The van der Waals surface area contributed by atoms with Crippen LogP contribution in [0.25, 0.3) is 0 Å². The van der Waals surface area contributed by atoms with Gasteiger partial charge in [0, 0.05) is 12.8 Å². The number of nitrogens with zero attached hydrogens (tertiary/aromatic N) is 1.